The fourth-order valence-electron chi connectivity index (χ4n) is 3.80. The number of hydrogen-bond donors (Lipinski definition) is 1. The Kier molecular flexibility index (Phi) is 6.32. The molecule has 0 radical (unpaired) electrons. The molecule has 1 saturated heterocycles. The molecule has 162 valence electrons. The van der Waals surface area contributed by atoms with Crippen molar-refractivity contribution < 1.29 is 9.18 Å². The van der Waals surface area contributed by atoms with Crippen molar-refractivity contribution in [3.05, 3.63) is 35.6 Å². The van der Waals surface area contributed by atoms with Crippen LogP contribution in [0.25, 0.3) is 0 Å². The summed E-state index contributed by atoms with van der Waals surface area (Å²) in [6, 6.07) is 6.49. The number of nitrogens with one attached hydrogen (secondary N) is 1. The number of carbonyl (C=O) groups is 1. The first kappa shape index (κ1) is 21.2. The third kappa shape index (κ3) is 4.79. The van der Waals surface area contributed by atoms with E-state index in [4.69, 9.17) is 0 Å². The lowest BCUT2D eigenvalue weighted by atomic mass is 10.00. The summed E-state index contributed by atoms with van der Waals surface area (Å²) in [6.07, 6.45) is 4.65. The highest BCUT2D eigenvalue weighted by molar-refractivity contribution is 8.00. The lowest BCUT2D eigenvalue weighted by Crippen LogP contribution is -2.35. The highest BCUT2D eigenvalue weighted by Crippen LogP contribution is 2.42. The molecule has 8 heteroatoms. The van der Waals surface area contributed by atoms with Gasteiger partial charge < -0.3 is 10.2 Å². The Morgan fingerprint density at radius 1 is 1.13 bits per heavy atom. The van der Waals surface area contributed by atoms with Gasteiger partial charge in [0, 0.05) is 19.1 Å². The lowest BCUT2D eigenvalue weighted by Gasteiger charge is -2.31. The van der Waals surface area contributed by atoms with Crippen molar-refractivity contribution in [3.8, 4) is 0 Å². The molecule has 1 aromatic carbocycles. The van der Waals surface area contributed by atoms with Crippen LogP contribution in [0.5, 0.6) is 0 Å². The number of rotatable bonds is 7. The molecule has 1 amide bonds. The van der Waals surface area contributed by atoms with Crippen molar-refractivity contribution in [1.29, 1.82) is 0 Å². The number of amides is 1. The molecule has 6 nitrogen and oxygen atoms in total. The molecule has 1 aromatic heterocycles. The van der Waals surface area contributed by atoms with Gasteiger partial charge in [-0.25, -0.2) is 4.39 Å². The normalized spacial score (nSPS) is 19.5. The molecule has 2 aliphatic rings. The van der Waals surface area contributed by atoms with Crippen LogP contribution in [-0.4, -0.2) is 39.0 Å². The lowest BCUT2D eigenvalue weighted by molar-refractivity contribution is -0.120. The van der Waals surface area contributed by atoms with E-state index in [9.17, 15) is 9.18 Å². The topological polar surface area (TPSA) is 63.1 Å². The van der Waals surface area contributed by atoms with Crippen molar-refractivity contribution in [2.24, 2.45) is 5.92 Å². The zero-order valence-electron chi connectivity index (χ0n) is 17.8. The van der Waals surface area contributed by atoms with Crippen molar-refractivity contribution in [2.75, 3.05) is 18.0 Å². The first-order chi connectivity index (χ1) is 14.4. The van der Waals surface area contributed by atoms with Crippen molar-refractivity contribution in [1.82, 2.24) is 20.1 Å². The van der Waals surface area contributed by atoms with Crippen molar-refractivity contribution >= 4 is 23.6 Å². The van der Waals surface area contributed by atoms with E-state index in [1.165, 1.54) is 36.7 Å². The number of anilines is 1. The molecule has 1 aliphatic carbocycles. The molecule has 4 rings (SSSR count). The van der Waals surface area contributed by atoms with Gasteiger partial charge in [0.1, 0.15) is 5.82 Å². The average molecular weight is 432 g/mol. The molecule has 1 N–H and O–H groups in total. The van der Waals surface area contributed by atoms with Crippen LogP contribution < -0.4 is 10.2 Å². The Morgan fingerprint density at radius 2 is 1.80 bits per heavy atom. The summed E-state index contributed by atoms with van der Waals surface area (Å²) in [5, 5.41) is 12.5. The summed E-state index contributed by atoms with van der Waals surface area (Å²) >= 11 is 1.46. The number of thioether (sulfide) groups is 1. The maximum atomic E-state index is 13.1. The minimum absolute atomic E-state index is 0.0597. The number of piperidine rings is 1. The molecule has 1 saturated carbocycles. The van der Waals surface area contributed by atoms with E-state index in [2.05, 4.69) is 31.9 Å². The maximum absolute atomic E-state index is 13.1. The van der Waals surface area contributed by atoms with Crippen molar-refractivity contribution in [3.63, 3.8) is 0 Å². The van der Waals surface area contributed by atoms with Crippen LogP contribution in [-0.2, 0) is 4.79 Å². The molecule has 2 fully saturated rings. The van der Waals surface area contributed by atoms with Gasteiger partial charge in [0.2, 0.25) is 11.9 Å². The van der Waals surface area contributed by atoms with Gasteiger partial charge in [-0.1, -0.05) is 30.8 Å². The van der Waals surface area contributed by atoms with Crippen LogP contribution in [0, 0.1) is 11.7 Å². The monoisotopic (exact) mass is 431 g/mol. The van der Waals surface area contributed by atoms with E-state index in [0.29, 0.717) is 6.04 Å². The zero-order chi connectivity index (χ0) is 21.3. The van der Waals surface area contributed by atoms with Gasteiger partial charge in [-0.3, -0.25) is 9.36 Å². The Balaban J connectivity index is 1.42. The van der Waals surface area contributed by atoms with E-state index in [1.54, 1.807) is 12.1 Å². The van der Waals surface area contributed by atoms with Crippen molar-refractivity contribution in [2.45, 2.75) is 68.9 Å². The molecule has 1 aliphatic heterocycles. The summed E-state index contributed by atoms with van der Waals surface area (Å²) < 4.78 is 15.4. The molecular formula is C22H30FN5OS. The fraction of sp³-hybridized carbons (Fsp3) is 0.591. The number of aromatic nitrogens is 3. The highest BCUT2D eigenvalue weighted by Gasteiger charge is 2.33. The molecule has 30 heavy (non-hydrogen) atoms. The van der Waals surface area contributed by atoms with Crippen LogP contribution in [0.4, 0.5) is 10.3 Å². The molecule has 2 atom stereocenters. The number of carbonyl (C=O) groups excluding carboxylic acids is 1. The van der Waals surface area contributed by atoms with Crippen LogP contribution in [0.1, 0.15) is 64.1 Å². The molecule has 0 unspecified atom stereocenters. The maximum Gasteiger partial charge on any atom is 0.233 e. The third-order valence-corrected chi connectivity index (χ3v) is 7.06. The first-order valence-corrected chi connectivity index (χ1v) is 11.7. The van der Waals surface area contributed by atoms with E-state index in [1.807, 2.05) is 13.8 Å². The van der Waals surface area contributed by atoms with Gasteiger partial charge in [0.15, 0.2) is 5.16 Å². The van der Waals surface area contributed by atoms with Gasteiger partial charge in [0.25, 0.3) is 0 Å². The molecule has 2 aromatic rings. The number of hydrogen-bond acceptors (Lipinski definition) is 5. The van der Waals surface area contributed by atoms with E-state index >= 15 is 0 Å². The second-order valence-corrected chi connectivity index (χ2v) is 9.90. The minimum atomic E-state index is -0.302. The number of benzene rings is 1. The minimum Gasteiger partial charge on any atom is -0.349 e. The van der Waals surface area contributed by atoms with Crippen LogP contribution >= 0.6 is 11.8 Å². The SMILES string of the molecule is CC1CCN(c2nnc(S[C@H](C)C(=O)N[C@H](C)c3ccc(F)cc3)n2C2CC2)CC1. The molecule has 2 heterocycles. The van der Waals surface area contributed by atoms with E-state index in [0.717, 1.165) is 48.5 Å². The summed E-state index contributed by atoms with van der Waals surface area (Å²) in [5.41, 5.74) is 0.879. The number of nitrogens with zero attached hydrogens (tertiary/aromatic N) is 4. The fourth-order valence-corrected chi connectivity index (χ4v) is 4.73. The Morgan fingerprint density at radius 3 is 2.43 bits per heavy atom. The highest BCUT2D eigenvalue weighted by atomic mass is 32.2. The predicted molar refractivity (Wildman–Crippen MR) is 117 cm³/mol. The molecule has 0 spiro atoms. The number of halogens is 1. The molecular weight excluding hydrogens is 401 g/mol. The Hall–Kier alpha value is -2.09. The third-order valence-electron chi connectivity index (χ3n) is 6.01. The largest absolute Gasteiger partial charge is 0.349 e. The van der Waals surface area contributed by atoms with Crippen LogP contribution in [0.15, 0.2) is 29.4 Å². The summed E-state index contributed by atoms with van der Waals surface area (Å²) in [5.74, 6) is 1.38. The standard InChI is InChI=1S/C22H30FN5OS/c1-14-10-12-27(13-11-14)21-25-26-22(28(21)19-8-9-19)30-16(3)20(29)24-15(2)17-4-6-18(23)7-5-17/h4-7,14-16,19H,8-13H2,1-3H3,(H,24,29)/t15-,16-/m1/s1. The first-order valence-electron chi connectivity index (χ1n) is 10.8. The second-order valence-electron chi connectivity index (χ2n) is 8.60. The van der Waals surface area contributed by atoms with E-state index < -0.39 is 0 Å². The summed E-state index contributed by atoms with van der Waals surface area (Å²) in [6.45, 7) is 8.14. The molecule has 0 bridgehead atoms. The van der Waals surface area contributed by atoms with Crippen LogP contribution in [0.2, 0.25) is 0 Å². The smallest absolute Gasteiger partial charge is 0.233 e. The zero-order valence-corrected chi connectivity index (χ0v) is 18.7. The Bertz CT molecular complexity index is 874. The Labute approximate surface area is 181 Å². The summed E-state index contributed by atoms with van der Waals surface area (Å²) in [4.78, 5) is 15.1. The average Bonchev–Trinajstić information content (AvgIpc) is 3.49. The second kappa shape index (κ2) is 8.96. The van der Waals surface area contributed by atoms with E-state index in [-0.39, 0.29) is 23.0 Å². The van der Waals surface area contributed by atoms with Gasteiger partial charge in [0.05, 0.1) is 11.3 Å². The quantitative estimate of drug-likeness (QED) is 0.661. The van der Waals surface area contributed by atoms with Gasteiger partial charge in [-0.15, -0.1) is 10.2 Å². The summed E-state index contributed by atoms with van der Waals surface area (Å²) in [7, 11) is 0. The predicted octanol–water partition coefficient (Wildman–Crippen LogP) is 4.35. The van der Waals surface area contributed by atoms with Gasteiger partial charge in [-0.05, 0) is 63.1 Å². The van der Waals surface area contributed by atoms with Gasteiger partial charge in [-0.2, -0.15) is 0 Å². The van der Waals surface area contributed by atoms with Gasteiger partial charge >= 0.3 is 0 Å². The van der Waals surface area contributed by atoms with Crippen LogP contribution in [0.3, 0.4) is 0 Å².